The van der Waals surface area contributed by atoms with Gasteiger partial charge < -0.3 is 19.7 Å². The van der Waals surface area contributed by atoms with Crippen LogP contribution in [0.5, 0.6) is 0 Å². The van der Waals surface area contributed by atoms with Gasteiger partial charge in [0.1, 0.15) is 12.2 Å². The monoisotopic (exact) mass is 450 g/mol. The molecule has 3 aliphatic rings. The molecular formula is C25H38O7. The molecule has 0 amide bonds. The molecule has 0 aromatic rings. The molecule has 180 valence electrons. The van der Waals surface area contributed by atoms with Crippen molar-refractivity contribution >= 4 is 17.7 Å². The van der Waals surface area contributed by atoms with Crippen LogP contribution in [-0.2, 0) is 23.9 Å². The van der Waals surface area contributed by atoms with Crippen molar-refractivity contribution in [2.45, 2.75) is 97.6 Å². The van der Waals surface area contributed by atoms with Crippen molar-refractivity contribution in [1.29, 1.82) is 0 Å². The first-order valence-electron chi connectivity index (χ1n) is 12.0. The quantitative estimate of drug-likeness (QED) is 0.599. The lowest BCUT2D eigenvalue weighted by Gasteiger charge is -2.47. The molecule has 8 atom stereocenters. The molecule has 32 heavy (non-hydrogen) atoms. The summed E-state index contributed by atoms with van der Waals surface area (Å²) in [5.41, 5.74) is 0.0472. The van der Waals surface area contributed by atoms with Crippen LogP contribution in [0.2, 0.25) is 0 Å². The number of fused-ring (bicyclic) bond motifs is 1. The summed E-state index contributed by atoms with van der Waals surface area (Å²) in [4.78, 5) is 37.4. The lowest BCUT2D eigenvalue weighted by atomic mass is 9.61. The van der Waals surface area contributed by atoms with E-state index < -0.39 is 35.8 Å². The highest BCUT2D eigenvalue weighted by Crippen LogP contribution is 2.47. The first-order chi connectivity index (χ1) is 14.9. The maximum atomic E-state index is 12.9. The van der Waals surface area contributed by atoms with Crippen molar-refractivity contribution in [2.24, 2.45) is 29.1 Å². The van der Waals surface area contributed by atoms with E-state index in [1.54, 1.807) is 6.08 Å². The molecule has 7 nitrogen and oxygen atoms in total. The Hall–Kier alpha value is -1.73. The Morgan fingerprint density at radius 2 is 1.88 bits per heavy atom. The molecule has 0 spiro atoms. The predicted molar refractivity (Wildman–Crippen MR) is 117 cm³/mol. The van der Waals surface area contributed by atoms with E-state index in [0.717, 1.165) is 0 Å². The Morgan fingerprint density at radius 3 is 2.50 bits per heavy atom. The minimum atomic E-state index is -0.748. The summed E-state index contributed by atoms with van der Waals surface area (Å²) < 4.78 is 11.4. The Labute approximate surface area is 190 Å². The molecule has 0 radical (unpaired) electrons. The van der Waals surface area contributed by atoms with Gasteiger partial charge in [-0.2, -0.15) is 0 Å². The minimum Gasteiger partial charge on any atom is -0.462 e. The maximum absolute atomic E-state index is 12.9. The van der Waals surface area contributed by atoms with E-state index in [-0.39, 0.29) is 41.8 Å². The van der Waals surface area contributed by atoms with Gasteiger partial charge in [-0.15, -0.1) is 0 Å². The summed E-state index contributed by atoms with van der Waals surface area (Å²) in [7, 11) is 0. The van der Waals surface area contributed by atoms with E-state index in [4.69, 9.17) is 9.47 Å². The van der Waals surface area contributed by atoms with Gasteiger partial charge in [0, 0.05) is 18.3 Å². The third-order valence-corrected chi connectivity index (χ3v) is 7.88. The van der Waals surface area contributed by atoms with Crippen LogP contribution in [0, 0.1) is 29.1 Å². The van der Waals surface area contributed by atoms with Crippen molar-refractivity contribution < 1.29 is 34.1 Å². The molecular weight excluding hydrogens is 412 g/mol. The number of hydrogen-bond donors (Lipinski definition) is 2. The average Bonchev–Trinajstić information content (AvgIpc) is 2.71. The largest absolute Gasteiger partial charge is 0.462 e. The summed E-state index contributed by atoms with van der Waals surface area (Å²) in [6.07, 6.45) is 1.97. The number of aliphatic hydroxyl groups is 2. The lowest BCUT2D eigenvalue weighted by Crippen LogP contribution is -2.50. The van der Waals surface area contributed by atoms with Crippen LogP contribution in [0.3, 0.4) is 0 Å². The molecule has 1 aliphatic heterocycles. The molecule has 1 saturated carbocycles. The van der Waals surface area contributed by atoms with E-state index in [2.05, 4.69) is 0 Å². The number of carbonyl (C=O) groups is 3. The summed E-state index contributed by atoms with van der Waals surface area (Å²) in [6, 6.07) is 0. The van der Waals surface area contributed by atoms with Crippen molar-refractivity contribution in [3.05, 3.63) is 11.6 Å². The Morgan fingerprint density at radius 1 is 1.19 bits per heavy atom. The van der Waals surface area contributed by atoms with Gasteiger partial charge in [-0.25, -0.2) is 0 Å². The van der Waals surface area contributed by atoms with Gasteiger partial charge in [0.25, 0.3) is 0 Å². The second-order valence-electron chi connectivity index (χ2n) is 10.6. The molecule has 1 unspecified atom stereocenters. The maximum Gasteiger partial charge on any atom is 0.311 e. The summed E-state index contributed by atoms with van der Waals surface area (Å²) in [5, 5.41) is 20.8. The molecule has 2 N–H and O–H groups in total. The molecule has 0 bridgehead atoms. The van der Waals surface area contributed by atoms with Gasteiger partial charge in [0.15, 0.2) is 5.78 Å². The van der Waals surface area contributed by atoms with Crippen molar-refractivity contribution in [3.8, 4) is 0 Å². The minimum absolute atomic E-state index is 0.0135. The number of allylic oxidation sites excluding steroid dienone is 1. The number of ketones is 1. The lowest BCUT2D eigenvalue weighted by molar-refractivity contribution is -0.169. The normalized spacial score (nSPS) is 37.9. The van der Waals surface area contributed by atoms with Crippen LogP contribution in [0.1, 0.15) is 73.1 Å². The van der Waals surface area contributed by atoms with E-state index in [0.29, 0.717) is 37.7 Å². The van der Waals surface area contributed by atoms with E-state index in [1.807, 2.05) is 34.6 Å². The fourth-order valence-electron chi connectivity index (χ4n) is 5.31. The smallest absolute Gasteiger partial charge is 0.311 e. The van der Waals surface area contributed by atoms with Gasteiger partial charge in [0.05, 0.1) is 24.0 Å². The van der Waals surface area contributed by atoms with Crippen molar-refractivity contribution in [1.82, 2.24) is 0 Å². The fraction of sp³-hybridized carbons (Fsp3) is 0.800. The molecule has 1 heterocycles. The first kappa shape index (κ1) is 24.9. The van der Waals surface area contributed by atoms with Crippen LogP contribution in [0.15, 0.2) is 11.6 Å². The predicted octanol–water partition coefficient (Wildman–Crippen LogP) is 2.96. The number of carbonyl (C=O) groups excluding carboxylic acids is 3. The number of esters is 2. The van der Waals surface area contributed by atoms with Crippen molar-refractivity contribution in [3.63, 3.8) is 0 Å². The molecule has 0 aromatic carbocycles. The molecule has 7 heteroatoms. The number of cyclic esters (lactones) is 1. The van der Waals surface area contributed by atoms with Gasteiger partial charge in [-0.3, -0.25) is 14.4 Å². The second kappa shape index (κ2) is 9.64. The highest BCUT2D eigenvalue weighted by Gasteiger charge is 2.49. The molecule has 2 aliphatic carbocycles. The standard InChI is InChI=1S/C25H38O7/c1-6-25(4,5)24(30)32-20-9-13(2)23(29)18-12-19(27)14(3)17(22(18)20)8-7-16-10-15(26)11-21(28)31-16/h12-17,20,22-23,26,29H,6-11H2,1-5H3/t13-,14+,15-,16-,17-,20+,22-,23?/m1/s1. The van der Waals surface area contributed by atoms with E-state index >= 15 is 0 Å². The first-order valence-corrected chi connectivity index (χ1v) is 12.0. The Kier molecular flexibility index (Phi) is 7.50. The molecule has 3 rings (SSSR count). The number of rotatable bonds is 6. The summed E-state index contributed by atoms with van der Waals surface area (Å²) >= 11 is 0. The van der Waals surface area contributed by atoms with Crippen LogP contribution in [-0.4, -0.2) is 52.4 Å². The van der Waals surface area contributed by atoms with Crippen LogP contribution >= 0.6 is 0 Å². The third-order valence-electron chi connectivity index (χ3n) is 7.88. The van der Waals surface area contributed by atoms with Gasteiger partial charge in [-0.1, -0.05) is 20.8 Å². The van der Waals surface area contributed by atoms with Crippen molar-refractivity contribution in [2.75, 3.05) is 0 Å². The number of aliphatic hydroxyl groups excluding tert-OH is 2. The molecule has 1 saturated heterocycles. The molecule has 0 aromatic heterocycles. The van der Waals surface area contributed by atoms with E-state index in [9.17, 15) is 24.6 Å². The zero-order chi connectivity index (χ0) is 23.8. The van der Waals surface area contributed by atoms with Crippen LogP contribution < -0.4 is 0 Å². The number of hydrogen-bond acceptors (Lipinski definition) is 7. The number of ether oxygens (including phenoxy) is 2. The Balaban J connectivity index is 1.84. The third kappa shape index (κ3) is 5.09. The Bertz CT molecular complexity index is 770. The van der Waals surface area contributed by atoms with Crippen LogP contribution in [0.4, 0.5) is 0 Å². The highest BCUT2D eigenvalue weighted by molar-refractivity contribution is 5.93. The molecule has 2 fully saturated rings. The fourth-order valence-corrected chi connectivity index (χ4v) is 5.31. The zero-order valence-corrected chi connectivity index (χ0v) is 19.9. The van der Waals surface area contributed by atoms with Gasteiger partial charge in [0.2, 0.25) is 0 Å². The van der Waals surface area contributed by atoms with Gasteiger partial charge >= 0.3 is 11.9 Å². The summed E-state index contributed by atoms with van der Waals surface area (Å²) in [5.74, 6) is -1.53. The average molecular weight is 451 g/mol. The topological polar surface area (TPSA) is 110 Å². The second-order valence-corrected chi connectivity index (χ2v) is 10.6. The zero-order valence-electron chi connectivity index (χ0n) is 19.9. The van der Waals surface area contributed by atoms with E-state index in [1.165, 1.54) is 0 Å². The SMILES string of the molecule is CCC(C)(C)C(=O)O[C@H]1C[C@@H](C)C(O)C2=CC(=O)[C@@H](C)[C@@H](CC[C@@H]3C[C@@H](O)CC(=O)O3)[C@H]21. The van der Waals surface area contributed by atoms with Gasteiger partial charge in [-0.05, 0) is 63.0 Å². The summed E-state index contributed by atoms with van der Waals surface area (Å²) in [6.45, 7) is 9.46. The van der Waals surface area contributed by atoms with Crippen LogP contribution in [0.25, 0.3) is 0 Å². The highest BCUT2D eigenvalue weighted by atomic mass is 16.6.